The molecule has 184 valence electrons. The minimum absolute atomic E-state index is 0.0205. The van der Waals surface area contributed by atoms with E-state index in [-0.39, 0.29) is 11.8 Å². The summed E-state index contributed by atoms with van der Waals surface area (Å²) in [5, 5.41) is 3.80. The number of anilines is 1. The van der Waals surface area contributed by atoms with Gasteiger partial charge in [-0.1, -0.05) is 29.8 Å². The molecule has 2 aliphatic heterocycles. The molecule has 8 heteroatoms. The van der Waals surface area contributed by atoms with Crippen molar-refractivity contribution >= 4 is 40.5 Å². The van der Waals surface area contributed by atoms with Gasteiger partial charge in [-0.05, 0) is 61.7 Å². The van der Waals surface area contributed by atoms with Crippen LogP contribution in [0.15, 0.2) is 59.7 Å². The van der Waals surface area contributed by atoms with Crippen LogP contribution in [0.3, 0.4) is 0 Å². The lowest BCUT2D eigenvalue weighted by atomic mass is 9.97. The van der Waals surface area contributed by atoms with E-state index in [1.807, 2.05) is 97.4 Å². The molecule has 35 heavy (non-hydrogen) atoms. The third kappa shape index (κ3) is 5.51. The summed E-state index contributed by atoms with van der Waals surface area (Å²) in [4.78, 5) is 36.8. The molecule has 0 unspecified atom stereocenters. The van der Waals surface area contributed by atoms with Crippen molar-refractivity contribution in [3.8, 4) is 0 Å². The summed E-state index contributed by atoms with van der Waals surface area (Å²) >= 11 is 6.14. The predicted octanol–water partition coefficient (Wildman–Crippen LogP) is 3.90. The SMILES string of the molecule is CN(C)c1cccc(C(=O)N2CCN(C(=O)C3=NCCC(c4cccc(Cl)c4)=CN3)C(C)(C)C2)c1. The number of nitrogens with one attached hydrogen (secondary N) is 1. The number of rotatable bonds is 4. The molecule has 2 aromatic rings. The molecule has 7 nitrogen and oxygen atoms in total. The van der Waals surface area contributed by atoms with Crippen LogP contribution in [-0.4, -0.2) is 73.3 Å². The zero-order chi connectivity index (χ0) is 25.2. The van der Waals surface area contributed by atoms with E-state index in [4.69, 9.17) is 11.6 Å². The van der Waals surface area contributed by atoms with Crippen molar-refractivity contribution in [1.29, 1.82) is 0 Å². The lowest BCUT2D eigenvalue weighted by Gasteiger charge is -2.47. The first-order valence-electron chi connectivity index (χ1n) is 11.8. The summed E-state index contributed by atoms with van der Waals surface area (Å²) < 4.78 is 0. The van der Waals surface area contributed by atoms with Crippen molar-refractivity contribution in [3.63, 3.8) is 0 Å². The fourth-order valence-electron chi connectivity index (χ4n) is 4.54. The number of benzene rings is 2. The van der Waals surface area contributed by atoms with Crippen LogP contribution in [0.2, 0.25) is 5.02 Å². The minimum atomic E-state index is -0.542. The zero-order valence-corrected chi connectivity index (χ0v) is 21.5. The lowest BCUT2D eigenvalue weighted by molar-refractivity contribution is -0.132. The summed E-state index contributed by atoms with van der Waals surface area (Å²) in [6.45, 7) is 5.85. The molecular weight excluding hydrogens is 462 g/mol. The van der Waals surface area contributed by atoms with Crippen molar-refractivity contribution in [1.82, 2.24) is 15.1 Å². The Hall–Kier alpha value is -3.32. The second-order valence-corrected chi connectivity index (χ2v) is 10.2. The number of halogens is 1. The molecule has 4 rings (SSSR count). The van der Waals surface area contributed by atoms with Gasteiger partial charge in [0.15, 0.2) is 5.84 Å². The average Bonchev–Trinajstić information content (AvgIpc) is 3.09. The topological polar surface area (TPSA) is 68.2 Å². The molecule has 2 heterocycles. The summed E-state index contributed by atoms with van der Waals surface area (Å²) in [6, 6.07) is 15.3. The minimum Gasteiger partial charge on any atom is -0.378 e. The normalized spacial score (nSPS) is 17.6. The molecular formula is C27H32ClN5O2. The molecule has 0 atom stereocenters. The highest BCUT2D eigenvalue weighted by atomic mass is 35.5. The Morgan fingerprint density at radius 3 is 2.54 bits per heavy atom. The second-order valence-electron chi connectivity index (χ2n) is 9.75. The van der Waals surface area contributed by atoms with Gasteiger partial charge in [-0.25, -0.2) is 0 Å². The van der Waals surface area contributed by atoms with Gasteiger partial charge < -0.3 is 20.0 Å². The molecule has 0 radical (unpaired) electrons. The highest BCUT2D eigenvalue weighted by molar-refractivity contribution is 6.38. The maximum Gasteiger partial charge on any atom is 0.289 e. The molecule has 1 saturated heterocycles. The largest absolute Gasteiger partial charge is 0.378 e. The van der Waals surface area contributed by atoms with Gasteiger partial charge in [0.05, 0.1) is 5.54 Å². The number of hydrogen-bond donors (Lipinski definition) is 1. The van der Waals surface area contributed by atoms with Crippen molar-refractivity contribution in [2.24, 2.45) is 4.99 Å². The first kappa shape index (κ1) is 24.8. The molecule has 0 aliphatic carbocycles. The molecule has 2 aliphatic rings. The molecule has 0 spiro atoms. The number of aliphatic imine (C=N–C) groups is 1. The highest BCUT2D eigenvalue weighted by Gasteiger charge is 2.40. The fourth-order valence-corrected chi connectivity index (χ4v) is 4.73. The Balaban J connectivity index is 1.45. The van der Waals surface area contributed by atoms with Gasteiger partial charge in [0, 0.05) is 62.7 Å². The Morgan fingerprint density at radius 2 is 1.83 bits per heavy atom. The molecule has 0 bridgehead atoms. The number of carbonyl (C=O) groups is 2. The summed E-state index contributed by atoms with van der Waals surface area (Å²) in [5.41, 5.74) is 3.15. The Kier molecular flexibility index (Phi) is 7.17. The van der Waals surface area contributed by atoms with E-state index in [9.17, 15) is 9.59 Å². The Labute approximate surface area is 212 Å². The van der Waals surface area contributed by atoms with Crippen LogP contribution in [0, 0.1) is 0 Å². The van der Waals surface area contributed by atoms with E-state index in [0.29, 0.717) is 49.0 Å². The molecule has 2 aromatic carbocycles. The van der Waals surface area contributed by atoms with Gasteiger partial charge >= 0.3 is 0 Å². The Bertz CT molecular complexity index is 1190. The van der Waals surface area contributed by atoms with Crippen LogP contribution >= 0.6 is 11.6 Å². The molecule has 1 N–H and O–H groups in total. The Morgan fingerprint density at radius 1 is 1.06 bits per heavy atom. The van der Waals surface area contributed by atoms with E-state index >= 15 is 0 Å². The van der Waals surface area contributed by atoms with Crippen LogP contribution in [0.1, 0.15) is 36.2 Å². The molecule has 2 amide bonds. The number of hydrogen-bond acceptors (Lipinski definition) is 5. The predicted molar refractivity (Wildman–Crippen MR) is 142 cm³/mol. The van der Waals surface area contributed by atoms with Gasteiger partial charge in [0.1, 0.15) is 0 Å². The van der Waals surface area contributed by atoms with Gasteiger partial charge in [-0.2, -0.15) is 0 Å². The maximum atomic E-state index is 13.5. The monoisotopic (exact) mass is 493 g/mol. The lowest BCUT2D eigenvalue weighted by Crippen LogP contribution is -2.63. The summed E-state index contributed by atoms with van der Waals surface area (Å²) in [7, 11) is 3.91. The highest BCUT2D eigenvalue weighted by Crippen LogP contribution is 2.25. The van der Waals surface area contributed by atoms with Gasteiger partial charge in [0.25, 0.3) is 11.8 Å². The van der Waals surface area contributed by atoms with Crippen molar-refractivity contribution in [2.75, 3.05) is 45.2 Å². The average molecular weight is 494 g/mol. The van der Waals surface area contributed by atoms with Crippen molar-refractivity contribution in [2.45, 2.75) is 25.8 Å². The van der Waals surface area contributed by atoms with E-state index in [1.165, 1.54) is 0 Å². The van der Waals surface area contributed by atoms with E-state index in [0.717, 1.165) is 16.8 Å². The summed E-state index contributed by atoms with van der Waals surface area (Å²) in [5.74, 6) is 0.154. The van der Waals surface area contributed by atoms with Gasteiger partial charge in [0.2, 0.25) is 0 Å². The first-order valence-corrected chi connectivity index (χ1v) is 12.2. The first-order chi connectivity index (χ1) is 16.7. The molecule has 1 fully saturated rings. The quantitative estimate of drug-likeness (QED) is 0.701. The van der Waals surface area contributed by atoms with Gasteiger partial charge in [-0.3, -0.25) is 14.6 Å². The number of piperazine rings is 1. The standard InChI is InChI=1S/C27H32ClN5O2/c1-27(2)18-32(25(34)20-8-6-10-23(16-20)31(3)4)13-14-33(27)26(35)24-29-12-11-21(17-30-24)19-7-5-9-22(28)15-19/h5-10,15-17H,11-14,18H2,1-4H3,(H,29,30). The number of amidine groups is 1. The molecule has 0 saturated carbocycles. The van der Waals surface area contributed by atoms with Crippen LogP contribution in [0.5, 0.6) is 0 Å². The van der Waals surface area contributed by atoms with Gasteiger partial charge in [-0.15, -0.1) is 0 Å². The third-order valence-electron chi connectivity index (χ3n) is 6.48. The second kappa shape index (κ2) is 10.1. The fraction of sp³-hybridized carbons (Fsp3) is 0.370. The molecule has 0 aromatic heterocycles. The number of carbonyl (C=O) groups excluding carboxylic acids is 2. The zero-order valence-electron chi connectivity index (χ0n) is 20.7. The third-order valence-corrected chi connectivity index (χ3v) is 6.71. The number of amides is 2. The van der Waals surface area contributed by atoms with E-state index in [2.05, 4.69) is 10.3 Å². The van der Waals surface area contributed by atoms with Crippen LogP contribution in [0.4, 0.5) is 5.69 Å². The van der Waals surface area contributed by atoms with Crippen LogP contribution in [-0.2, 0) is 4.79 Å². The number of nitrogens with zero attached hydrogens (tertiary/aromatic N) is 4. The van der Waals surface area contributed by atoms with Crippen molar-refractivity contribution in [3.05, 3.63) is 70.9 Å². The van der Waals surface area contributed by atoms with E-state index in [1.54, 1.807) is 0 Å². The van der Waals surface area contributed by atoms with E-state index < -0.39 is 5.54 Å². The smallest absolute Gasteiger partial charge is 0.289 e. The van der Waals surface area contributed by atoms with Crippen LogP contribution < -0.4 is 10.2 Å². The van der Waals surface area contributed by atoms with Crippen LogP contribution in [0.25, 0.3) is 5.57 Å². The van der Waals surface area contributed by atoms with Crippen molar-refractivity contribution < 1.29 is 9.59 Å². The summed E-state index contributed by atoms with van der Waals surface area (Å²) in [6.07, 6.45) is 2.56. The maximum absolute atomic E-state index is 13.5.